The van der Waals surface area contributed by atoms with Gasteiger partial charge in [0.25, 0.3) is 0 Å². The van der Waals surface area contributed by atoms with E-state index >= 15 is 0 Å². The van der Waals surface area contributed by atoms with Gasteiger partial charge in [0.15, 0.2) is 0 Å². The van der Waals surface area contributed by atoms with Crippen LogP contribution in [0.2, 0.25) is 0 Å². The number of hydrogen-bond donors (Lipinski definition) is 1. The van der Waals surface area contributed by atoms with Crippen molar-refractivity contribution in [2.45, 2.75) is 45.8 Å². The number of carbonyl (C=O) groups excluding carboxylic acids is 1. The fourth-order valence-electron chi connectivity index (χ4n) is 3.52. The molecule has 4 heteroatoms. The maximum Gasteiger partial charge on any atom is 0.240 e. The average molecular weight is 354 g/mol. The highest BCUT2D eigenvalue weighted by molar-refractivity contribution is 6.80. The molecule has 25 heavy (non-hydrogen) atoms. The Kier molecular flexibility index (Phi) is 5.40. The molecular weight excluding hydrogens is 326 g/mol. The molecular formula is C21H27NO2Si. The van der Waals surface area contributed by atoms with Crippen LogP contribution in [-0.4, -0.2) is 27.1 Å². The molecule has 0 aliphatic carbocycles. The van der Waals surface area contributed by atoms with Gasteiger partial charge in [-0.05, 0) is 22.2 Å². The highest BCUT2D eigenvalue weighted by Gasteiger charge is 2.39. The first-order chi connectivity index (χ1) is 11.9. The summed E-state index contributed by atoms with van der Waals surface area (Å²) in [5.74, 6) is 0.139. The van der Waals surface area contributed by atoms with Gasteiger partial charge in [0.05, 0.1) is 12.1 Å². The molecule has 1 fully saturated rings. The summed E-state index contributed by atoms with van der Waals surface area (Å²) in [5, 5.41) is 5.67. The van der Waals surface area contributed by atoms with E-state index in [1.165, 1.54) is 10.4 Å². The Hall–Kier alpha value is -1.91. The van der Waals surface area contributed by atoms with Crippen LogP contribution >= 0.6 is 0 Å². The summed E-state index contributed by atoms with van der Waals surface area (Å²) in [6, 6.07) is 21.1. The van der Waals surface area contributed by atoms with E-state index in [0.29, 0.717) is 6.42 Å². The first-order valence-corrected chi connectivity index (χ1v) is 10.6. The third-order valence-electron chi connectivity index (χ3n) is 4.74. The fraction of sp³-hybridized carbons (Fsp3) is 0.381. The summed E-state index contributed by atoms with van der Waals surface area (Å²) in [7, 11) is -1.84. The molecule has 2 aromatic rings. The summed E-state index contributed by atoms with van der Waals surface area (Å²) >= 11 is 0. The van der Waals surface area contributed by atoms with Gasteiger partial charge in [-0.3, -0.25) is 4.79 Å². The Morgan fingerprint density at radius 2 is 1.52 bits per heavy atom. The lowest BCUT2D eigenvalue weighted by molar-refractivity contribution is -0.119. The largest absolute Gasteiger partial charge is 0.405 e. The molecule has 2 unspecified atom stereocenters. The minimum absolute atomic E-state index is 0.00368. The van der Waals surface area contributed by atoms with Crippen LogP contribution in [0.4, 0.5) is 0 Å². The van der Waals surface area contributed by atoms with Crippen molar-refractivity contribution in [3.8, 4) is 0 Å². The van der Waals surface area contributed by atoms with E-state index in [1.807, 2.05) is 12.1 Å². The summed E-state index contributed by atoms with van der Waals surface area (Å²) in [5.41, 5.74) is -0.0445. The molecule has 0 radical (unpaired) electrons. The van der Waals surface area contributed by atoms with Gasteiger partial charge in [-0.15, -0.1) is 0 Å². The molecule has 1 amide bonds. The molecule has 1 aliphatic rings. The lowest BCUT2D eigenvalue weighted by Crippen LogP contribution is -2.55. The second-order valence-electron chi connectivity index (χ2n) is 7.84. The van der Waals surface area contributed by atoms with Gasteiger partial charge < -0.3 is 9.74 Å². The van der Waals surface area contributed by atoms with Gasteiger partial charge in [0.2, 0.25) is 14.9 Å². The lowest BCUT2D eigenvalue weighted by Gasteiger charge is -2.38. The Balaban J connectivity index is 1.93. The summed E-state index contributed by atoms with van der Waals surface area (Å²) in [6.45, 7) is 6.59. The number of rotatable bonds is 5. The van der Waals surface area contributed by atoms with Gasteiger partial charge in [-0.1, -0.05) is 81.4 Å². The van der Waals surface area contributed by atoms with Crippen molar-refractivity contribution >= 4 is 25.3 Å². The first-order valence-electron chi connectivity index (χ1n) is 9.00. The molecule has 2 aromatic carbocycles. The van der Waals surface area contributed by atoms with E-state index in [4.69, 9.17) is 4.43 Å². The first kappa shape index (κ1) is 17.9. The van der Waals surface area contributed by atoms with E-state index < -0.39 is 9.04 Å². The molecule has 3 nitrogen and oxygen atoms in total. The molecule has 1 N–H and O–H groups in total. The van der Waals surface area contributed by atoms with Gasteiger partial charge in [-0.2, -0.15) is 0 Å². The third-order valence-corrected chi connectivity index (χ3v) is 7.28. The molecule has 2 atom stereocenters. The van der Waals surface area contributed by atoms with Crippen LogP contribution in [0.5, 0.6) is 0 Å². The monoisotopic (exact) mass is 353 g/mol. The second kappa shape index (κ2) is 7.54. The van der Waals surface area contributed by atoms with Gasteiger partial charge in [0, 0.05) is 6.42 Å². The topological polar surface area (TPSA) is 38.3 Å². The van der Waals surface area contributed by atoms with Crippen LogP contribution in [0.3, 0.4) is 0 Å². The van der Waals surface area contributed by atoms with E-state index in [0.717, 1.165) is 6.42 Å². The van der Waals surface area contributed by atoms with Crippen LogP contribution < -0.4 is 15.7 Å². The van der Waals surface area contributed by atoms with Crippen LogP contribution in [0, 0.1) is 5.41 Å². The second-order valence-corrected chi connectivity index (χ2v) is 10.2. The van der Waals surface area contributed by atoms with E-state index in [2.05, 4.69) is 74.6 Å². The molecule has 1 saturated heterocycles. The zero-order chi connectivity index (χ0) is 17.9. The smallest absolute Gasteiger partial charge is 0.240 e. The summed E-state index contributed by atoms with van der Waals surface area (Å²) in [4.78, 5) is 11.8. The Labute approximate surface area is 152 Å². The van der Waals surface area contributed by atoms with Crippen molar-refractivity contribution in [3.63, 3.8) is 0 Å². The maximum atomic E-state index is 11.8. The maximum absolute atomic E-state index is 11.8. The van der Waals surface area contributed by atoms with Crippen LogP contribution in [0.1, 0.15) is 33.6 Å². The summed E-state index contributed by atoms with van der Waals surface area (Å²) < 4.78 is 6.84. The third kappa shape index (κ3) is 4.38. The quantitative estimate of drug-likeness (QED) is 0.837. The highest BCUT2D eigenvalue weighted by Crippen LogP contribution is 2.29. The van der Waals surface area contributed by atoms with Crippen molar-refractivity contribution in [1.29, 1.82) is 0 Å². The standard InChI is InChI=1S/C21H27NO2Si/c1-21(2,3)20(18-14-15-19(23)22-18)24-25(16-10-6-4-7-11-16)17-12-8-5-9-13-17/h4-13,18,20,25H,14-15H2,1-3H3,(H,22,23). The fourth-order valence-corrected chi connectivity index (χ4v) is 6.25. The number of hydrogen-bond acceptors (Lipinski definition) is 2. The van der Waals surface area contributed by atoms with Crippen molar-refractivity contribution < 1.29 is 9.22 Å². The van der Waals surface area contributed by atoms with Crippen molar-refractivity contribution in [2.75, 3.05) is 0 Å². The number of nitrogens with one attached hydrogen (secondary N) is 1. The Morgan fingerprint density at radius 3 is 1.92 bits per heavy atom. The lowest BCUT2D eigenvalue weighted by atomic mass is 9.84. The Morgan fingerprint density at radius 1 is 1.00 bits per heavy atom. The number of benzene rings is 2. The van der Waals surface area contributed by atoms with Gasteiger partial charge >= 0.3 is 0 Å². The minimum Gasteiger partial charge on any atom is -0.405 e. The molecule has 0 spiro atoms. The molecule has 3 rings (SSSR count). The number of carbonyl (C=O) groups is 1. The normalized spacial score (nSPS) is 19.0. The van der Waals surface area contributed by atoms with Crippen LogP contribution in [0.15, 0.2) is 60.7 Å². The average Bonchev–Trinajstić information content (AvgIpc) is 3.02. The van der Waals surface area contributed by atoms with E-state index in [1.54, 1.807) is 0 Å². The zero-order valence-electron chi connectivity index (χ0n) is 15.2. The van der Waals surface area contributed by atoms with E-state index in [-0.39, 0.29) is 23.5 Å². The van der Waals surface area contributed by atoms with Crippen molar-refractivity contribution in [2.24, 2.45) is 5.41 Å². The number of amides is 1. The summed E-state index contributed by atoms with van der Waals surface area (Å²) in [6.07, 6.45) is 1.45. The SMILES string of the molecule is CC(C)(C)C(O[SiH](c1ccccc1)c1ccccc1)C1CCC(=O)N1. The highest BCUT2D eigenvalue weighted by atomic mass is 28.3. The predicted molar refractivity (Wildman–Crippen MR) is 105 cm³/mol. The van der Waals surface area contributed by atoms with Crippen molar-refractivity contribution in [1.82, 2.24) is 5.32 Å². The molecule has 132 valence electrons. The minimum atomic E-state index is -1.84. The van der Waals surface area contributed by atoms with Crippen LogP contribution in [0.25, 0.3) is 0 Å². The van der Waals surface area contributed by atoms with Gasteiger partial charge in [0.1, 0.15) is 0 Å². The molecule has 1 aliphatic heterocycles. The van der Waals surface area contributed by atoms with Crippen molar-refractivity contribution in [3.05, 3.63) is 60.7 Å². The molecule has 0 aromatic heterocycles. The molecule has 0 saturated carbocycles. The van der Waals surface area contributed by atoms with E-state index in [9.17, 15) is 4.79 Å². The zero-order valence-corrected chi connectivity index (χ0v) is 16.4. The molecule has 1 heterocycles. The van der Waals surface area contributed by atoms with Gasteiger partial charge in [-0.25, -0.2) is 0 Å². The molecule has 0 bridgehead atoms. The predicted octanol–water partition coefficient (Wildman–Crippen LogP) is 2.23. The van der Waals surface area contributed by atoms with Crippen LogP contribution in [-0.2, 0) is 9.22 Å². The Bertz CT molecular complexity index is 657.